The molecule has 2 rings (SSSR count). The van der Waals surface area contributed by atoms with Gasteiger partial charge in [-0.3, -0.25) is 5.10 Å². The second kappa shape index (κ2) is 4.91. The van der Waals surface area contributed by atoms with Crippen molar-refractivity contribution < 1.29 is 4.74 Å². The number of aromatic nitrogens is 2. The fourth-order valence-electron chi connectivity index (χ4n) is 1.81. The van der Waals surface area contributed by atoms with Gasteiger partial charge in [0.25, 0.3) is 5.88 Å². The molecule has 1 aromatic heterocycles. The van der Waals surface area contributed by atoms with Gasteiger partial charge in [-0.15, -0.1) is 5.10 Å². The second-order valence-corrected chi connectivity index (χ2v) is 3.83. The van der Waals surface area contributed by atoms with Crippen molar-refractivity contribution in [1.82, 2.24) is 10.2 Å². The average Bonchev–Trinajstić information content (AvgIpc) is 2.71. The summed E-state index contributed by atoms with van der Waals surface area (Å²) >= 11 is 0. The molecule has 0 saturated heterocycles. The highest BCUT2D eigenvalue weighted by atomic mass is 16.5. The summed E-state index contributed by atoms with van der Waals surface area (Å²) in [6.45, 7) is 4.56. The summed E-state index contributed by atoms with van der Waals surface area (Å²) in [6.07, 6.45) is 0. The number of H-pyrrole nitrogens is 1. The highest BCUT2D eigenvalue weighted by molar-refractivity contribution is 5.68. The molecule has 90 valence electrons. The number of aromatic amines is 1. The quantitative estimate of drug-likeness (QED) is 0.879. The first-order chi connectivity index (χ1) is 8.24. The van der Waals surface area contributed by atoms with Crippen LogP contribution in [-0.4, -0.2) is 23.9 Å². The predicted octanol–water partition coefficient (Wildman–Crippen LogP) is 2.88. The van der Waals surface area contributed by atoms with E-state index in [4.69, 9.17) is 4.74 Å². The smallest absolute Gasteiger partial charge is 0.257 e. The number of rotatable bonds is 4. The van der Waals surface area contributed by atoms with Gasteiger partial charge in [0.15, 0.2) is 0 Å². The van der Waals surface area contributed by atoms with E-state index in [1.165, 1.54) is 0 Å². The van der Waals surface area contributed by atoms with Crippen LogP contribution in [0.3, 0.4) is 0 Å². The Morgan fingerprint density at radius 3 is 2.65 bits per heavy atom. The number of benzene rings is 1. The fourth-order valence-corrected chi connectivity index (χ4v) is 1.81. The molecule has 2 aromatic rings. The fraction of sp³-hybridized carbons (Fsp3) is 0.308. The van der Waals surface area contributed by atoms with Gasteiger partial charge in [0.2, 0.25) is 0 Å². The number of hydrogen-bond donors (Lipinski definition) is 1. The molecule has 0 atom stereocenters. The monoisotopic (exact) mass is 231 g/mol. The molecule has 0 spiro atoms. The molecule has 0 aliphatic rings. The molecular weight excluding hydrogens is 214 g/mol. The topological polar surface area (TPSA) is 41.1 Å². The molecule has 0 bridgehead atoms. The van der Waals surface area contributed by atoms with Crippen molar-refractivity contribution in [2.75, 3.05) is 18.6 Å². The van der Waals surface area contributed by atoms with Crippen molar-refractivity contribution in [1.29, 1.82) is 0 Å². The minimum atomic E-state index is 0.611. The first-order valence-corrected chi connectivity index (χ1v) is 5.70. The summed E-state index contributed by atoms with van der Waals surface area (Å²) in [5.41, 5.74) is 3.09. The van der Waals surface area contributed by atoms with E-state index in [0.29, 0.717) is 12.5 Å². The number of ether oxygens (including phenoxy) is 1. The first kappa shape index (κ1) is 11.5. The Morgan fingerprint density at radius 1 is 1.29 bits per heavy atom. The van der Waals surface area contributed by atoms with Crippen LogP contribution in [0, 0.1) is 6.92 Å². The number of nitrogens with zero attached hydrogens (tertiary/aromatic N) is 2. The highest BCUT2D eigenvalue weighted by Crippen LogP contribution is 2.33. The maximum atomic E-state index is 5.52. The third-order valence-electron chi connectivity index (χ3n) is 2.64. The molecule has 0 aliphatic heterocycles. The Kier molecular flexibility index (Phi) is 3.32. The minimum absolute atomic E-state index is 0.611. The Bertz CT molecular complexity index is 479. The van der Waals surface area contributed by atoms with Gasteiger partial charge < -0.3 is 9.64 Å². The Labute approximate surface area is 101 Å². The SMILES string of the molecule is CCOc1n[nH]c(C)c1N(C)c1ccccc1. The lowest BCUT2D eigenvalue weighted by Crippen LogP contribution is -2.11. The summed E-state index contributed by atoms with van der Waals surface area (Å²) in [4.78, 5) is 2.07. The van der Waals surface area contributed by atoms with Gasteiger partial charge in [0.05, 0.1) is 12.3 Å². The van der Waals surface area contributed by atoms with Crippen LogP contribution in [0.2, 0.25) is 0 Å². The van der Waals surface area contributed by atoms with Crippen LogP contribution in [0.1, 0.15) is 12.6 Å². The molecule has 1 aromatic carbocycles. The number of anilines is 2. The summed E-state index contributed by atoms with van der Waals surface area (Å²) in [7, 11) is 2.01. The zero-order valence-corrected chi connectivity index (χ0v) is 10.4. The first-order valence-electron chi connectivity index (χ1n) is 5.70. The number of nitrogens with one attached hydrogen (secondary N) is 1. The summed E-state index contributed by atoms with van der Waals surface area (Å²) in [6, 6.07) is 10.1. The van der Waals surface area contributed by atoms with Crippen LogP contribution in [0.5, 0.6) is 5.88 Å². The molecule has 4 nitrogen and oxygen atoms in total. The average molecular weight is 231 g/mol. The summed E-state index contributed by atoms with van der Waals surface area (Å²) in [5.74, 6) is 0.649. The van der Waals surface area contributed by atoms with E-state index in [0.717, 1.165) is 17.1 Å². The highest BCUT2D eigenvalue weighted by Gasteiger charge is 2.16. The van der Waals surface area contributed by atoms with E-state index in [-0.39, 0.29) is 0 Å². The molecule has 4 heteroatoms. The van der Waals surface area contributed by atoms with Crippen molar-refractivity contribution in [3.63, 3.8) is 0 Å². The molecular formula is C13H17N3O. The van der Waals surface area contributed by atoms with Crippen LogP contribution < -0.4 is 9.64 Å². The summed E-state index contributed by atoms with van der Waals surface area (Å²) < 4.78 is 5.52. The lowest BCUT2D eigenvalue weighted by Gasteiger charge is -2.19. The van der Waals surface area contributed by atoms with E-state index in [1.54, 1.807) is 0 Å². The molecule has 17 heavy (non-hydrogen) atoms. The lowest BCUT2D eigenvalue weighted by molar-refractivity contribution is 0.327. The zero-order chi connectivity index (χ0) is 12.3. The van der Waals surface area contributed by atoms with Gasteiger partial charge in [0.1, 0.15) is 5.69 Å². The van der Waals surface area contributed by atoms with E-state index in [1.807, 2.05) is 39.1 Å². The van der Waals surface area contributed by atoms with Gasteiger partial charge >= 0.3 is 0 Å². The largest absolute Gasteiger partial charge is 0.475 e. The van der Waals surface area contributed by atoms with Crippen molar-refractivity contribution in [2.45, 2.75) is 13.8 Å². The molecule has 0 unspecified atom stereocenters. The third-order valence-corrected chi connectivity index (χ3v) is 2.64. The molecule has 0 saturated carbocycles. The second-order valence-electron chi connectivity index (χ2n) is 3.83. The van der Waals surface area contributed by atoms with Gasteiger partial charge in [-0.1, -0.05) is 18.2 Å². The number of hydrogen-bond acceptors (Lipinski definition) is 3. The Balaban J connectivity index is 2.36. The van der Waals surface area contributed by atoms with Crippen LogP contribution in [0.25, 0.3) is 0 Å². The summed E-state index contributed by atoms with van der Waals surface area (Å²) in [5, 5.41) is 7.12. The molecule has 0 radical (unpaired) electrons. The predicted molar refractivity (Wildman–Crippen MR) is 69.0 cm³/mol. The molecule has 1 N–H and O–H groups in total. The number of para-hydroxylation sites is 1. The zero-order valence-electron chi connectivity index (χ0n) is 10.4. The molecule has 0 aliphatic carbocycles. The van der Waals surface area contributed by atoms with Crippen LogP contribution in [-0.2, 0) is 0 Å². The van der Waals surface area contributed by atoms with Crippen molar-refractivity contribution in [3.05, 3.63) is 36.0 Å². The normalized spacial score (nSPS) is 10.3. The van der Waals surface area contributed by atoms with Crippen molar-refractivity contribution in [2.24, 2.45) is 0 Å². The van der Waals surface area contributed by atoms with Gasteiger partial charge in [-0.05, 0) is 26.0 Å². The Morgan fingerprint density at radius 2 is 2.00 bits per heavy atom. The third kappa shape index (κ3) is 2.25. The molecule has 1 heterocycles. The van der Waals surface area contributed by atoms with Crippen LogP contribution in [0.4, 0.5) is 11.4 Å². The van der Waals surface area contributed by atoms with E-state index in [9.17, 15) is 0 Å². The molecule has 0 fully saturated rings. The van der Waals surface area contributed by atoms with Crippen molar-refractivity contribution in [3.8, 4) is 5.88 Å². The van der Waals surface area contributed by atoms with E-state index < -0.39 is 0 Å². The van der Waals surface area contributed by atoms with Crippen molar-refractivity contribution >= 4 is 11.4 Å². The number of aryl methyl sites for hydroxylation is 1. The van der Waals surface area contributed by atoms with Gasteiger partial charge in [-0.25, -0.2) is 0 Å². The van der Waals surface area contributed by atoms with Gasteiger partial charge in [-0.2, -0.15) is 0 Å². The van der Waals surface area contributed by atoms with Crippen LogP contribution >= 0.6 is 0 Å². The maximum absolute atomic E-state index is 5.52. The Hall–Kier alpha value is -1.97. The van der Waals surface area contributed by atoms with Gasteiger partial charge in [0, 0.05) is 12.7 Å². The van der Waals surface area contributed by atoms with Crippen LogP contribution in [0.15, 0.2) is 30.3 Å². The standard InChI is InChI=1S/C13H17N3O/c1-4-17-13-12(10(2)14-15-13)16(3)11-8-6-5-7-9-11/h5-9H,4H2,1-3H3,(H,14,15). The molecule has 0 amide bonds. The van der Waals surface area contributed by atoms with E-state index >= 15 is 0 Å². The van der Waals surface area contributed by atoms with E-state index in [2.05, 4.69) is 27.2 Å². The minimum Gasteiger partial charge on any atom is -0.475 e. The lowest BCUT2D eigenvalue weighted by atomic mass is 10.2. The maximum Gasteiger partial charge on any atom is 0.257 e.